The molecule has 3 heteroatoms. The van der Waals surface area contributed by atoms with Gasteiger partial charge in [-0.1, -0.05) is 0 Å². The van der Waals surface area contributed by atoms with Gasteiger partial charge in [-0.05, 0) is 0 Å². The van der Waals surface area contributed by atoms with Crippen molar-refractivity contribution in [1.82, 2.24) is 0 Å². The van der Waals surface area contributed by atoms with Gasteiger partial charge in [-0.15, -0.1) is 0 Å². The molecule has 0 aliphatic heterocycles. The van der Waals surface area contributed by atoms with Gasteiger partial charge in [-0.3, -0.25) is 0 Å². The Hall–Kier alpha value is 1.49. The Morgan fingerprint density at radius 2 is 1.20 bits per heavy atom. The van der Waals surface area contributed by atoms with E-state index in [1.54, 1.807) is 0 Å². The van der Waals surface area contributed by atoms with E-state index in [2.05, 4.69) is 0 Å². The first-order valence-electron chi connectivity index (χ1n) is 1.32. The summed E-state index contributed by atoms with van der Waals surface area (Å²) in [6.45, 7) is 1.19. The minimum absolute atomic E-state index is 0. The fourth-order valence-electron chi connectivity index (χ4n) is 0. The standard InChI is InChI=1S/C2H8N2.Ba.2H/c3-1-2-4;;;/h1-4H2;;;. The van der Waals surface area contributed by atoms with Gasteiger partial charge in [0.05, 0.1) is 0 Å². The van der Waals surface area contributed by atoms with Crippen LogP contribution in [0.1, 0.15) is 0 Å². The van der Waals surface area contributed by atoms with Crippen LogP contribution in [0.15, 0.2) is 0 Å². The van der Waals surface area contributed by atoms with Crippen molar-refractivity contribution in [2.24, 2.45) is 11.5 Å². The van der Waals surface area contributed by atoms with Crippen LogP contribution >= 0.6 is 0 Å². The number of rotatable bonds is 1. The van der Waals surface area contributed by atoms with Crippen molar-refractivity contribution < 1.29 is 0 Å². The summed E-state index contributed by atoms with van der Waals surface area (Å²) < 4.78 is 0. The van der Waals surface area contributed by atoms with Crippen LogP contribution in [0, 0.1) is 0 Å². The predicted molar refractivity (Wildman–Crippen MR) is 26.7 cm³/mol. The molecule has 0 saturated carbocycles. The summed E-state index contributed by atoms with van der Waals surface area (Å²) in [5, 5.41) is 0. The molecule has 0 aromatic carbocycles. The summed E-state index contributed by atoms with van der Waals surface area (Å²) >= 11 is 0. The maximum atomic E-state index is 4.90. The summed E-state index contributed by atoms with van der Waals surface area (Å²) in [4.78, 5) is 0. The molecular weight excluding hydrogens is 189 g/mol. The van der Waals surface area contributed by atoms with E-state index >= 15 is 0 Å². The van der Waals surface area contributed by atoms with E-state index in [-0.39, 0.29) is 48.9 Å². The zero-order valence-electron chi connectivity index (χ0n) is 2.57. The van der Waals surface area contributed by atoms with Crippen LogP contribution in [0.4, 0.5) is 0 Å². The Morgan fingerprint density at radius 1 is 1.00 bits per heavy atom. The molecule has 2 nitrogen and oxygen atoms in total. The third-order valence-corrected chi connectivity index (χ3v) is 0.167. The van der Waals surface area contributed by atoms with Gasteiger partial charge < -0.3 is 11.5 Å². The average Bonchev–Trinajstić information content (AvgIpc) is 1.37. The Morgan fingerprint density at radius 3 is 1.20 bits per heavy atom. The molecule has 0 bridgehead atoms. The second kappa shape index (κ2) is 9.09. The molecule has 0 fully saturated rings. The van der Waals surface area contributed by atoms with Crippen LogP contribution in [0.2, 0.25) is 0 Å². The topological polar surface area (TPSA) is 52.0 Å². The molecule has 0 aromatic heterocycles. The zero-order chi connectivity index (χ0) is 3.41. The van der Waals surface area contributed by atoms with Gasteiger partial charge in [0.1, 0.15) is 0 Å². The van der Waals surface area contributed by atoms with Gasteiger partial charge in [0.25, 0.3) is 0 Å². The SMILES string of the molecule is NCCN.[BaH2]. The Kier molecular flexibility index (Phi) is 17.6. The van der Waals surface area contributed by atoms with Gasteiger partial charge in [-0.2, -0.15) is 0 Å². The van der Waals surface area contributed by atoms with Crippen molar-refractivity contribution in [3.8, 4) is 0 Å². The summed E-state index contributed by atoms with van der Waals surface area (Å²) in [5.41, 5.74) is 9.81. The molecule has 0 aliphatic rings. The first kappa shape index (κ1) is 9.70. The van der Waals surface area contributed by atoms with E-state index in [0.29, 0.717) is 13.1 Å². The fraction of sp³-hybridized carbons (Fsp3) is 1.00. The number of hydrogen-bond donors (Lipinski definition) is 2. The van der Waals surface area contributed by atoms with Crippen molar-refractivity contribution in [1.29, 1.82) is 0 Å². The predicted octanol–water partition coefficient (Wildman–Crippen LogP) is -2.01. The molecule has 30 valence electrons. The number of nitrogens with two attached hydrogens (primary N) is 2. The Labute approximate surface area is 72.4 Å². The third-order valence-electron chi connectivity index (χ3n) is 0.167. The van der Waals surface area contributed by atoms with Gasteiger partial charge in [0.2, 0.25) is 0 Å². The molecule has 0 atom stereocenters. The van der Waals surface area contributed by atoms with E-state index in [0.717, 1.165) is 0 Å². The van der Waals surface area contributed by atoms with Crippen LogP contribution in [-0.4, -0.2) is 62.0 Å². The van der Waals surface area contributed by atoms with E-state index < -0.39 is 0 Å². The number of hydrogen-bond acceptors (Lipinski definition) is 2. The summed E-state index contributed by atoms with van der Waals surface area (Å²) in [5.74, 6) is 0. The van der Waals surface area contributed by atoms with E-state index in [1.807, 2.05) is 0 Å². The second-order valence-electron chi connectivity index (χ2n) is 0.577. The van der Waals surface area contributed by atoms with Crippen molar-refractivity contribution in [3.05, 3.63) is 0 Å². The minimum atomic E-state index is 0. The summed E-state index contributed by atoms with van der Waals surface area (Å²) in [6.07, 6.45) is 0. The molecular formula is C2H10BaN2. The second-order valence-corrected chi connectivity index (χ2v) is 0.577. The maximum absolute atomic E-state index is 4.90. The first-order chi connectivity index (χ1) is 1.91. The van der Waals surface area contributed by atoms with Crippen LogP contribution in [0.25, 0.3) is 0 Å². The molecule has 0 rings (SSSR count). The van der Waals surface area contributed by atoms with Gasteiger partial charge in [0, 0.05) is 13.1 Å². The van der Waals surface area contributed by atoms with Crippen LogP contribution in [-0.2, 0) is 0 Å². The molecule has 0 heterocycles. The monoisotopic (exact) mass is 200 g/mol. The fourth-order valence-corrected chi connectivity index (χ4v) is 0. The molecule has 4 N–H and O–H groups in total. The van der Waals surface area contributed by atoms with Crippen molar-refractivity contribution in [2.75, 3.05) is 13.1 Å². The normalized spacial score (nSPS) is 6.00. The van der Waals surface area contributed by atoms with Gasteiger partial charge >= 0.3 is 48.9 Å². The van der Waals surface area contributed by atoms with Crippen LogP contribution < -0.4 is 11.5 Å². The molecule has 0 amide bonds. The van der Waals surface area contributed by atoms with E-state index in [4.69, 9.17) is 11.5 Å². The Balaban J connectivity index is 0. The molecule has 0 aliphatic carbocycles. The van der Waals surface area contributed by atoms with Crippen molar-refractivity contribution >= 4 is 48.9 Å². The molecule has 0 unspecified atom stereocenters. The molecule has 0 saturated heterocycles. The van der Waals surface area contributed by atoms with Gasteiger partial charge in [-0.25, -0.2) is 0 Å². The molecule has 0 aromatic rings. The molecule has 5 heavy (non-hydrogen) atoms. The molecule has 0 radical (unpaired) electrons. The Bertz CT molecular complexity index is 9.61. The summed E-state index contributed by atoms with van der Waals surface area (Å²) in [6, 6.07) is 0. The van der Waals surface area contributed by atoms with Crippen LogP contribution in [0.3, 0.4) is 0 Å². The summed E-state index contributed by atoms with van der Waals surface area (Å²) in [7, 11) is 0. The quantitative estimate of drug-likeness (QED) is 0.480. The van der Waals surface area contributed by atoms with Crippen LogP contribution in [0.5, 0.6) is 0 Å². The average molecular weight is 199 g/mol. The van der Waals surface area contributed by atoms with Crippen molar-refractivity contribution in [3.63, 3.8) is 0 Å². The van der Waals surface area contributed by atoms with Gasteiger partial charge in [0.15, 0.2) is 0 Å². The van der Waals surface area contributed by atoms with E-state index in [1.165, 1.54) is 0 Å². The molecule has 0 spiro atoms. The zero-order valence-corrected chi connectivity index (χ0v) is 2.57. The third kappa shape index (κ3) is 10.8. The van der Waals surface area contributed by atoms with E-state index in [9.17, 15) is 0 Å². The first-order valence-corrected chi connectivity index (χ1v) is 1.32. The van der Waals surface area contributed by atoms with Crippen molar-refractivity contribution in [2.45, 2.75) is 0 Å².